The molecule has 0 atom stereocenters. The van der Waals surface area contributed by atoms with E-state index in [1.165, 1.54) is 0 Å². The van der Waals surface area contributed by atoms with Crippen LogP contribution in [0.3, 0.4) is 0 Å². The summed E-state index contributed by atoms with van der Waals surface area (Å²) < 4.78 is 6.52. The van der Waals surface area contributed by atoms with Crippen molar-refractivity contribution < 1.29 is 9.53 Å². The fourth-order valence-electron chi connectivity index (χ4n) is 1.57. The summed E-state index contributed by atoms with van der Waals surface area (Å²) in [5.41, 5.74) is 6.48. The monoisotopic (exact) mass is 358 g/mol. The topological polar surface area (TPSA) is 55.6 Å². The number of nitrogens with two attached hydrogens (primary N) is 1. The van der Waals surface area contributed by atoms with Crippen LogP contribution in [0.25, 0.3) is 0 Å². The molecule has 6 heteroatoms. The summed E-state index contributed by atoms with van der Waals surface area (Å²) in [6, 6.07) is 7.90. The minimum atomic E-state index is 0.0375. The summed E-state index contributed by atoms with van der Waals surface area (Å²) in [5.74, 6) is 0.0375. The Labute approximate surface area is 133 Å². The zero-order chi connectivity index (χ0) is 15.0. The van der Waals surface area contributed by atoms with Crippen LogP contribution in [0.5, 0.6) is 0 Å². The first-order chi connectivity index (χ1) is 9.49. The van der Waals surface area contributed by atoms with Gasteiger partial charge in [0.05, 0.1) is 24.6 Å². The van der Waals surface area contributed by atoms with Crippen molar-refractivity contribution in [1.29, 1.82) is 0 Å². The van der Waals surface area contributed by atoms with Crippen LogP contribution in [0.4, 0.5) is 0 Å². The van der Waals surface area contributed by atoms with Crippen molar-refractivity contribution in [3.05, 3.63) is 34.3 Å². The second-order valence-electron chi connectivity index (χ2n) is 4.46. The lowest BCUT2D eigenvalue weighted by Gasteiger charge is -2.16. The third-order valence-electron chi connectivity index (χ3n) is 2.74. The molecule has 2 N–H and O–H groups in total. The summed E-state index contributed by atoms with van der Waals surface area (Å²) in [6.07, 6.45) is 0.915. The number of amides is 1. The van der Waals surface area contributed by atoms with Gasteiger partial charge in [-0.1, -0.05) is 40.3 Å². The van der Waals surface area contributed by atoms with Gasteiger partial charge in [0.2, 0.25) is 5.91 Å². The number of carbonyl (C=O) groups excluding carboxylic acids is 1. The molecule has 0 fully saturated rings. The van der Waals surface area contributed by atoms with Crippen LogP contribution >= 0.6 is 28.1 Å². The Balaban J connectivity index is 2.20. The van der Waals surface area contributed by atoms with E-state index in [-0.39, 0.29) is 5.91 Å². The third-order valence-corrected chi connectivity index (χ3v) is 3.43. The Bertz CT molecular complexity index is 468. The highest BCUT2D eigenvalue weighted by Crippen LogP contribution is 2.12. The maximum Gasteiger partial charge on any atom is 0.224 e. The number of rotatable bonds is 8. The van der Waals surface area contributed by atoms with Crippen LogP contribution in [-0.4, -0.2) is 36.0 Å². The molecule has 0 heterocycles. The number of benzene rings is 1. The van der Waals surface area contributed by atoms with Gasteiger partial charge in [-0.3, -0.25) is 4.79 Å². The van der Waals surface area contributed by atoms with Crippen LogP contribution < -0.4 is 5.73 Å². The summed E-state index contributed by atoms with van der Waals surface area (Å²) in [6.45, 7) is 1.46. The van der Waals surface area contributed by atoms with E-state index in [0.717, 1.165) is 10.0 Å². The van der Waals surface area contributed by atoms with Gasteiger partial charge >= 0.3 is 0 Å². The quantitative estimate of drug-likeness (QED) is 0.572. The second-order valence-corrected chi connectivity index (χ2v) is 5.90. The Morgan fingerprint density at radius 2 is 2.20 bits per heavy atom. The fourth-order valence-corrected chi connectivity index (χ4v) is 2.11. The number of thiocarbonyl (C=S) groups is 1. The van der Waals surface area contributed by atoms with E-state index in [2.05, 4.69) is 15.9 Å². The minimum Gasteiger partial charge on any atom is -0.393 e. The van der Waals surface area contributed by atoms with Crippen LogP contribution in [0.2, 0.25) is 0 Å². The van der Waals surface area contributed by atoms with Crippen molar-refractivity contribution in [2.45, 2.75) is 19.4 Å². The lowest BCUT2D eigenvalue weighted by Crippen LogP contribution is -2.30. The molecule has 1 rings (SSSR count). The molecule has 4 nitrogen and oxygen atoms in total. The van der Waals surface area contributed by atoms with Crippen molar-refractivity contribution >= 4 is 39.0 Å². The molecule has 20 heavy (non-hydrogen) atoms. The van der Waals surface area contributed by atoms with Crippen LogP contribution in [0.1, 0.15) is 18.4 Å². The standard InChI is InChI=1S/C14H19BrN2O2S/c1-17(7-5-13(16)20)14(18)6-8-19-10-11-3-2-4-12(15)9-11/h2-4,9H,5-8,10H2,1H3,(H2,16,20). The van der Waals surface area contributed by atoms with E-state index >= 15 is 0 Å². The van der Waals surface area contributed by atoms with E-state index < -0.39 is 0 Å². The lowest BCUT2D eigenvalue weighted by molar-refractivity contribution is -0.131. The molecule has 0 aliphatic carbocycles. The van der Waals surface area contributed by atoms with Gasteiger partial charge in [-0.25, -0.2) is 0 Å². The van der Waals surface area contributed by atoms with Crippen molar-refractivity contribution in [3.8, 4) is 0 Å². The van der Waals surface area contributed by atoms with Gasteiger partial charge in [0.15, 0.2) is 0 Å². The van der Waals surface area contributed by atoms with E-state index in [1.54, 1.807) is 11.9 Å². The van der Waals surface area contributed by atoms with E-state index in [1.807, 2.05) is 24.3 Å². The van der Waals surface area contributed by atoms with Crippen LogP contribution in [0.15, 0.2) is 28.7 Å². The largest absolute Gasteiger partial charge is 0.393 e. The number of ether oxygens (including phenoxy) is 1. The van der Waals surface area contributed by atoms with Gasteiger partial charge in [-0.2, -0.15) is 0 Å². The number of hydrogen-bond donors (Lipinski definition) is 1. The number of halogens is 1. The molecular weight excluding hydrogens is 340 g/mol. The molecule has 1 amide bonds. The van der Waals surface area contributed by atoms with E-state index in [9.17, 15) is 4.79 Å². The summed E-state index contributed by atoms with van der Waals surface area (Å²) in [7, 11) is 1.74. The zero-order valence-electron chi connectivity index (χ0n) is 11.5. The third kappa shape index (κ3) is 6.98. The summed E-state index contributed by atoms with van der Waals surface area (Å²) in [5, 5.41) is 0. The first kappa shape index (κ1) is 17.1. The molecule has 1 aromatic carbocycles. The zero-order valence-corrected chi connectivity index (χ0v) is 13.9. The molecular formula is C14H19BrN2O2S. The van der Waals surface area contributed by atoms with Gasteiger partial charge in [0, 0.05) is 24.5 Å². The van der Waals surface area contributed by atoms with Crippen molar-refractivity contribution in [2.75, 3.05) is 20.2 Å². The minimum absolute atomic E-state index is 0.0375. The highest BCUT2D eigenvalue weighted by molar-refractivity contribution is 9.10. The van der Waals surface area contributed by atoms with E-state index in [4.69, 9.17) is 22.7 Å². The predicted octanol–water partition coefficient (Wildman–Crippen LogP) is 2.49. The molecule has 1 aromatic rings. The molecule has 0 spiro atoms. The maximum atomic E-state index is 11.8. The molecule has 0 unspecified atom stereocenters. The van der Waals surface area contributed by atoms with Gasteiger partial charge in [-0.15, -0.1) is 0 Å². The fraction of sp³-hybridized carbons (Fsp3) is 0.429. The highest BCUT2D eigenvalue weighted by atomic mass is 79.9. The van der Waals surface area contributed by atoms with Gasteiger partial charge in [0.25, 0.3) is 0 Å². The van der Waals surface area contributed by atoms with Crippen molar-refractivity contribution in [1.82, 2.24) is 4.90 Å². The molecule has 0 saturated carbocycles. The first-order valence-electron chi connectivity index (χ1n) is 6.33. The average molecular weight is 359 g/mol. The molecule has 0 radical (unpaired) electrons. The van der Waals surface area contributed by atoms with E-state index in [0.29, 0.717) is 37.6 Å². The van der Waals surface area contributed by atoms with Gasteiger partial charge in [0.1, 0.15) is 0 Å². The first-order valence-corrected chi connectivity index (χ1v) is 7.53. The summed E-state index contributed by atoms with van der Waals surface area (Å²) >= 11 is 8.19. The van der Waals surface area contributed by atoms with Crippen LogP contribution in [-0.2, 0) is 16.1 Å². The van der Waals surface area contributed by atoms with Crippen LogP contribution in [0, 0.1) is 0 Å². The molecule has 0 saturated heterocycles. The lowest BCUT2D eigenvalue weighted by atomic mass is 10.2. The number of carbonyl (C=O) groups is 1. The molecule has 0 bridgehead atoms. The molecule has 0 aliphatic heterocycles. The average Bonchev–Trinajstić information content (AvgIpc) is 2.40. The molecule has 0 aliphatic rings. The van der Waals surface area contributed by atoms with Gasteiger partial charge in [-0.05, 0) is 17.7 Å². The highest BCUT2D eigenvalue weighted by Gasteiger charge is 2.08. The van der Waals surface area contributed by atoms with Gasteiger partial charge < -0.3 is 15.4 Å². The van der Waals surface area contributed by atoms with Crippen molar-refractivity contribution in [3.63, 3.8) is 0 Å². The Hall–Kier alpha value is -0.980. The second kappa shape index (κ2) is 9.05. The van der Waals surface area contributed by atoms with Crippen molar-refractivity contribution in [2.24, 2.45) is 5.73 Å². The molecule has 110 valence electrons. The Kier molecular flexibility index (Phi) is 7.72. The smallest absolute Gasteiger partial charge is 0.224 e. The predicted molar refractivity (Wildman–Crippen MR) is 87.5 cm³/mol. The summed E-state index contributed by atoms with van der Waals surface area (Å²) in [4.78, 5) is 13.8. The molecule has 0 aromatic heterocycles. The SMILES string of the molecule is CN(CCC(N)=S)C(=O)CCOCc1cccc(Br)c1. The number of hydrogen-bond acceptors (Lipinski definition) is 3. The Morgan fingerprint density at radius 1 is 1.45 bits per heavy atom. The maximum absolute atomic E-state index is 11.8. The Morgan fingerprint density at radius 3 is 2.85 bits per heavy atom. The normalized spacial score (nSPS) is 10.3. The number of nitrogens with zero attached hydrogens (tertiary/aromatic N) is 1.